The maximum atomic E-state index is 12.7. The van der Waals surface area contributed by atoms with Crippen molar-refractivity contribution in [2.45, 2.75) is 44.8 Å². The topological polar surface area (TPSA) is 51.2 Å². The molecule has 3 nitrogen and oxygen atoms in total. The Kier molecular flexibility index (Phi) is 4.33. The van der Waals surface area contributed by atoms with Gasteiger partial charge in [0.15, 0.2) is 5.78 Å². The minimum Gasteiger partial charge on any atom is -0.294 e. The quantitative estimate of drug-likeness (QED) is 0.805. The molecule has 0 spiro atoms. The molecule has 1 aromatic carbocycles. The zero-order chi connectivity index (χ0) is 14.9. The number of rotatable bonds is 3. The number of Topliss-reactive ketones (excluding diaryl/α,β-unsaturated/α-hetero) is 1. The van der Waals surface area contributed by atoms with E-state index in [-0.39, 0.29) is 17.0 Å². The van der Waals surface area contributed by atoms with Crippen molar-refractivity contribution >= 4 is 15.6 Å². The van der Waals surface area contributed by atoms with Crippen LogP contribution in [0.4, 0.5) is 0 Å². The predicted octanol–water partition coefficient (Wildman–Crippen LogP) is 3.09. The minimum absolute atomic E-state index is 0.111. The van der Waals surface area contributed by atoms with Crippen LogP contribution in [0.3, 0.4) is 0 Å². The van der Waals surface area contributed by atoms with Crippen LogP contribution in [0.15, 0.2) is 18.2 Å². The highest BCUT2D eigenvalue weighted by atomic mass is 32.2. The number of aryl methyl sites for hydroxylation is 2. The molecule has 1 aliphatic rings. The molecule has 0 N–H and O–H groups in total. The molecule has 1 aliphatic carbocycles. The Labute approximate surface area is 121 Å². The molecule has 1 aromatic rings. The second kappa shape index (κ2) is 5.68. The Balaban J connectivity index is 2.23. The van der Waals surface area contributed by atoms with Gasteiger partial charge in [0, 0.05) is 17.7 Å². The molecule has 0 heterocycles. The molecule has 0 amide bonds. The van der Waals surface area contributed by atoms with E-state index in [1.54, 1.807) is 0 Å². The van der Waals surface area contributed by atoms with Gasteiger partial charge < -0.3 is 0 Å². The highest BCUT2D eigenvalue weighted by Gasteiger charge is 2.33. The Bertz CT molecular complexity index is 617. The van der Waals surface area contributed by atoms with Crippen LogP contribution < -0.4 is 0 Å². The molecule has 2 atom stereocenters. The van der Waals surface area contributed by atoms with Gasteiger partial charge in [-0.25, -0.2) is 8.42 Å². The van der Waals surface area contributed by atoms with E-state index in [2.05, 4.69) is 0 Å². The number of carbonyl (C=O) groups excluding carboxylic acids is 1. The lowest BCUT2D eigenvalue weighted by Gasteiger charge is -2.27. The summed E-state index contributed by atoms with van der Waals surface area (Å²) in [6.45, 7) is 3.90. The Morgan fingerprint density at radius 1 is 1.20 bits per heavy atom. The lowest BCUT2D eigenvalue weighted by molar-refractivity contribution is 0.0890. The summed E-state index contributed by atoms with van der Waals surface area (Å²) in [4.78, 5) is 12.7. The van der Waals surface area contributed by atoms with Gasteiger partial charge in [0.05, 0.1) is 5.25 Å². The molecule has 1 fully saturated rings. The fraction of sp³-hybridized carbons (Fsp3) is 0.562. The normalized spacial score (nSPS) is 23.6. The molecular weight excluding hydrogens is 272 g/mol. The van der Waals surface area contributed by atoms with Gasteiger partial charge in [-0.15, -0.1) is 0 Å². The van der Waals surface area contributed by atoms with Crippen molar-refractivity contribution in [3.63, 3.8) is 0 Å². The van der Waals surface area contributed by atoms with Crippen LogP contribution in [0, 0.1) is 19.8 Å². The maximum Gasteiger partial charge on any atom is 0.166 e. The third-order valence-electron chi connectivity index (χ3n) is 4.26. The Morgan fingerprint density at radius 3 is 2.55 bits per heavy atom. The van der Waals surface area contributed by atoms with Crippen LogP contribution >= 0.6 is 0 Å². The largest absolute Gasteiger partial charge is 0.294 e. The van der Waals surface area contributed by atoms with E-state index in [4.69, 9.17) is 0 Å². The third-order valence-corrected chi connectivity index (χ3v) is 5.90. The van der Waals surface area contributed by atoms with Crippen LogP contribution in [0.1, 0.15) is 47.2 Å². The van der Waals surface area contributed by atoms with E-state index in [0.29, 0.717) is 12.8 Å². The van der Waals surface area contributed by atoms with Gasteiger partial charge in [-0.05, 0) is 44.7 Å². The first kappa shape index (κ1) is 15.2. The van der Waals surface area contributed by atoms with Crippen molar-refractivity contribution in [2.24, 2.45) is 5.92 Å². The maximum absolute atomic E-state index is 12.7. The SMILES string of the molecule is Cc1ccc(C)c(C(=O)C2CCCC(S(C)(=O)=O)C2)c1. The molecule has 1 saturated carbocycles. The van der Waals surface area contributed by atoms with E-state index < -0.39 is 9.84 Å². The first-order valence-electron chi connectivity index (χ1n) is 7.09. The number of hydrogen-bond donors (Lipinski definition) is 0. The second-order valence-electron chi connectivity index (χ2n) is 6.00. The summed E-state index contributed by atoms with van der Waals surface area (Å²) >= 11 is 0. The van der Waals surface area contributed by atoms with E-state index >= 15 is 0 Å². The monoisotopic (exact) mass is 294 g/mol. The molecule has 0 bridgehead atoms. The minimum atomic E-state index is -3.05. The van der Waals surface area contributed by atoms with E-state index in [0.717, 1.165) is 29.5 Å². The first-order valence-corrected chi connectivity index (χ1v) is 9.05. The third kappa shape index (κ3) is 3.29. The van der Waals surface area contributed by atoms with Crippen molar-refractivity contribution in [1.29, 1.82) is 0 Å². The van der Waals surface area contributed by atoms with Gasteiger partial charge in [-0.1, -0.05) is 24.1 Å². The van der Waals surface area contributed by atoms with Gasteiger partial charge in [0.1, 0.15) is 9.84 Å². The van der Waals surface area contributed by atoms with Gasteiger partial charge in [0.25, 0.3) is 0 Å². The van der Waals surface area contributed by atoms with Crippen molar-refractivity contribution in [2.75, 3.05) is 6.26 Å². The molecule has 0 aromatic heterocycles. The summed E-state index contributed by atoms with van der Waals surface area (Å²) < 4.78 is 23.4. The highest BCUT2D eigenvalue weighted by Crippen LogP contribution is 2.31. The van der Waals surface area contributed by atoms with E-state index in [9.17, 15) is 13.2 Å². The van der Waals surface area contributed by atoms with Crippen molar-refractivity contribution < 1.29 is 13.2 Å². The van der Waals surface area contributed by atoms with Crippen LogP contribution in [0.5, 0.6) is 0 Å². The van der Waals surface area contributed by atoms with Crippen LogP contribution in [-0.4, -0.2) is 25.7 Å². The van der Waals surface area contributed by atoms with Crippen molar-refractivity contribution in [3.05, 3.63) is 34.9 Å². The number of sulfone groups is 1. The number of benzene rings is 1. The lowest BCUT2D eigenvalue weighted by Crippen LogP contribution is -2.31. The summed E-state index contributed by atoms with van der Waals surface area (Å²) in [5.41, 5.74) is 2.79. The van der Waals surface area contributed by atoms with Crippen molar-refractivity contribution in [1.82, 2.24) is 0 Å². The Morgan fingerprint density at radius 2 is 1.90 bits per heavy atom. The summed E-state index contributed by atoms with van der Waals surface area (Å²) in [5.74, 6) is -0.0384. The number of carbonyl (C=O) groups is 1. The van der Waals surface area contributed by atoms with Crippen LogP contribution in [0.2, 0.25) is 0 Å². The van der Waals surface area contributed by atoms with Gasteiger partial charge >= 0.3 is 0 Å². The fourth-order valence-corrected chi connectivity index (χ4v) is 4.17. The molecular formula is C16H22O3S. The molecule has 4 heteroatoms. The first-order chi connectivity index (χ1) is 9.29. The fourth-order valence-electron chi connectivity index (χ4n) is 2.99. The molecule has 110 valence electrons. The summed E-state index contributed by atoms with van der Waals surface area (Å²) in [7, 11) is -3.05. The smallest absolute Gasteiger partial charge is 0.166 e. The van der Waals surface area contributed by atoms with E-state index in [1.165, 1.54) is 6.26 Å². The molecule has 0 aliphatic heterocycles. The van der Waals surface area contributed by atoms with Gasteiger partial charge in [0.2, 0.25) is 0 Å². The second-order valence-corrected chi connectivity index (χ2v) is 8.32. The summed E-state index contributed by atoms with van der Waals surface area (Å²) in [6.07, 6.45) is 4.07. The standard InChI is InChI=1S/C16H22O3S/c1-11-7-8-12(2)15(9-11)16(17)13-5-4-6-14(10-13)20(3,18)19/h7-9,13-14H,4-6,10H2,1-3H3. The average molecular weight is 294 g/mol. The summed E-state index contributed by atoms with van der Waals surface area (Å²) in [5, 5.41) is -0.352. The molecule has 0 saturated heterocycles. The van der Waals surface area contributed by atoms with Crippen molar-refractivity contribution in [3.8, 4) is 0 Å². The molecule has 0 radical (unpaired) electrons. The average Bonchev–Trinajstić information content (AvgIpc) is 2.40. The zero-order valence-corrected chi connectivity index (χ0v) is 13.2. The number of ketones is 1. The predicted molar refractivity (Wildman–Crippen MR) is 80.8 cm³/mol. The highest BCUT2D eigenvalue weighted by molar-refractivity contribution is 7.91. The molecule has 2 unspecified atom stereocenters. The Hall–Kier alpha value is -1.16. The van der Waals surface area contributed by atoms with Crippen LogP contribution in [0.25, 0.3) is 0 Å². The number of hydrogen-bond acceptors (Lipinski definition) is 3. The molecule has 2 rings (SSSR count). The summed E-state index contributed by atoms with van der Waals surface area (Å²) in [6, 6.07) is 5.87. The van der Waals surface area contributed by atoms with Crippen LogP contribution in [-0.2, 0) is 9.84 Å². The lowest BCUT2D eigenvalue weighted by atomic mass is 9.82. The van der Waals surface area contributed by atoms with Gasteiger partial charge in [-0.3, -0.25) is 4.79 Å². The van der Waals surface area contributed by atoms with E-state index in [1.807, 2.05) is 32.0 Å². The molecule has 20 heavy (non-hydrogen) atoms. The van der Waals surface area contributed by atoms with Gasteiger partial charge in [-0.2, -0.15) is 0 Å². The zero-order valence-electron chi connectivity index (χ0n) is 12.3.